The Morgan fingerprint density at radius 2 is 1.95 bits per heavy atom. The van der Waals surface area contributed by atoms with E-state index in [2.05, 4.69) is 26.1 Å². The van der Waals surface area contributed by atoms with Crippen LogP contribution in [-0.2, 0) is 0 Å². The lowest BCUT2D eigenvalue weighted by Crippen LogP contribution is -2.21. The van der Waals surface area contributed by atoms with Crippen molar-refractivity contribution in [3.63, 3.8) is 0 Å². The molecule has 22 heavy (non-hydrogen) atoms. The van der Waals surface area contributed by atoms with E-state index in [4.69, 9.17) is 11.5 Å². The van der Waals surface area contributed by atoms with E-state index >= 15 is 0 Å². The molecule has 0 atom stereocenters. The molecule has 0 bridgehead atoms. The fourth-order valence-corrected chi connectivity index (χ4v) is 2.20. The van der Waals surface area contributed by atoms with Crippen LogP contribution in [0, 0.1) is 0 Å². The summed E-state index contributed by atoms with van der Waals surface area (Å²) in [6, 6.07) is 9.21. The van der Waals surface area contributed by atoms with Crippen LogP contribution in [0.5, 0.6) is 0 Å². The molecule has 6 N–H and O–H groups in total. The first-order chi connectivity index (χ1) is 10.7. The zero-order chi connectivity index (χ0) is 15.1. The quantitative estimate of drug-likeness (QED) is 0.326. The van der Waals surface area contributed by atoms with Crippen molar-refractivity contribution >= 4 is 33.9 Å². The number of pyridine rings is 1. The molecular formula is C13H13N9. The Balaban J connectivity index is 1.56. The monoisotopic (exact) mass is 295 g/mol. The van der Waals surface area contributed by atoms with Gasteiger partial charge in [-0.15, -0.1) is 5.10 Å². The van der Waals surface area contributed by atoms with Crippen molar-refractivity contribution in [2.75, 3.05) is 22.4 Å². The van der Waals surface area contributed by atoms with Crippen molar-refractivity contribution in [1.29, 1.82) is 0 Å². The van der Waals surface area contributed by atoms with E-state index in [1.165, 1.54) is 0 Å². The van der Waals surface area contributed by atoms with Crippen LogP contribution in [0.3, 0.4) is 0 Å². The van der Waals surface area contributed by atoms with Gasteiger partial charge in [0.2, 0.25) is 5.95 Å². The molecule has 4 aromatic rings. The SMILES string of the molecule is Nc1ccc2nn(NNc3ccn4nc(N)nc4c3)cc2c1. The van der Waals surface area contributed by atoms with Gasteiger partial charge in [-0.1, -0.05) is 0 Å². The highest BCUT2D eigenvalue weighted by Gasteiger charge is 2.03. The summed E-state index contributed by atoms with van der Waals surface area (Å²) >= 11 is 0. The van der Waals surface area contributed by atoms with Crippen LogP contribution in [0.4, 0.5) is 17.3 Å². The van der Waals surface area contributed by atoms with Gasteiger partial charge in [0.1, 0.15) is 0 Å². The Kier molecular flexibility index (Phi) is 2.52. The largest absolute Gasteiger partial charge is 0.399 e. The summed E-state index contributed by atoms with van der Waals surface area (Å²) in [5.41, 5.74) is 20.3. The molecule has 3 heterocycles. The molecule has 0 aliphatic rings. The lowest BCUT2D eigenvalue weighted by atomic mass is 10.2. The van der Waals surface area contributed by atoms with Crippen molar-refractivity contribution in [2.45, 2.75) is 0 Å². The van der Waals surface area contributed by atoms with E-state index in [0.29, 0.717) is 11.3 Å². The predicted molar refractivity (Wildman–Crippen MR) is 84.5 cm³/mol. The maximum absolute atomic E-state index is 5.75. The zero-order valence-corrected chi connectivity index (χ0v) is 11.4. The summed E-state index contributed by atoms with van der Waals surface area (Å²) in [5, 5.41) is 9.34. The lowest BCUT2D eigenvalue weighted by molar-refractivity contribution is 0.788. The van der Waals surface area contributed by atoms with Crippen LogP contribution >= 0.6 is 0 Å². The Morgan fingerprint density at radius 3 is 2.86 bits per heavy atom. The minimum atomic E-state index is 0.237. The van der Waals surface area contributed by atoms with Crippen LogP contribution in [0.2, 0.25) is 0 Å². The second-order valence-electron chi connectivity index (χ2n) is 4.82. The van der Waals surface area contributed by atoms with Gasteiger partial charge in [0.05, 0.1) is 17.4 Å². The molecule has 0 aliphatic carbocycles. The standard InChI is InChI=1S/C13H13N9/c14-9-1-2-11-8(5-9)7-22(18-11)20-17-10-3-4-21-12(6-10)16-13(15)19-21/h1-7,17,20H,14H2,(H2,15,19). The third kappa shape index (κ3) is 2.10. The summed E-state index contributed by atoms with van der Waals surface area (Å²) in [4.78, 5) is 5.67. The zero-order valence-electron chi connectivity index (χ0n) is 11.4. The normalized spacial score (nSPS) is 11.1. The van der Waals surface area contributed by atoms with Gasteiger partial charge in [-0.3, -0.25) is 5.43 Å². The van der Waals surface area contributed by atoms with Gasteiger partial charge in [0, 0.05) is 23.3 Å². The van der Waals surface area contributed by atoms with Gasteiger partial charge in [-0.2, -0.15) is 14.9 Å². The van der Waals surface area contributed by atoms with Crippen LogP contribution < -0.4 is 22.4 Å². The highest BCUT2D eigenvalue weighted by atomic mass is 15.7. The number of hydrazine groups is 1. The number of aromatic nitrogens is 5. The average molecular weight is 295 g/mol. The molecule has 0 spiro atoms. The minimum Gasteiger partial charge on any atom is -0.399 e. The fraction of sp³-hybridized carbons (Fsp3) is 0. The lowest BCUT2D eigenvalue weighted by Gasteiger charge is -2.08. The third-order valence-electron chi connectivity index (χ3n) is 3.20. The van der Waals surface area contributed by atoms with E-state index in [1.807, 2.05) is 36.5 Å². The molecule has 4 rings (SSSR count). The Hall–Kier alpha value is -3.49. The summed E-state index contributed by atoms with van der Waals surface area (Å²) in [5.74, 6) is 0.237. The highest BCUT2D eigenvalue weighted by Crippen LogP contribution is 2.15. The van der Waals surface area contributed by atoms with Gasteiger partial charge < -0.3 is 11.5 Å². The average Bonchev–Trinajstić information content (AvgIpc) is 3.05. The number of hydrogen-bond donors (Lipinski definition) is 4. The summed E-state index contributed by atoms with van der Waals surface area (Å²) < 4.78 is 1.60. The Labute approximate surface area is 124 Å². The van der Waals surface area contributed by atoms with Gasteiger partial charge >= 0.3 is 0 Å². The van der Waals surface area contributed by atoms with Crippen molar-refractivity contribution in [2.24, 2.45) is 0 Å². The number of fused-ring (bicyclic) bond motifs is 2. The molecule has 0 aliphatic heterocycles. The van der Waals surface area contributed by atoms with Crippen molar-refractivity contribution < 1.29 is 0 Å². The predicted octanol–water partition coefficient (Wildman–Crippen LogP) is 0.814. The molecule has 9 nitrogen and oxygen atoms in total. The summed E-state index contributed by atoms with van der Waals surface area (Å²) in [7, 11) is 0. The Morgan fingerprint density at radius 1 is 1.05 bits per heavy atom. The Bertz CT molecular complexity index is 966. The number of rotatable bonds is 3. The molecule has 0 fully saturated rings. The van der Waals surface area contributed by atoms with E-state index in [9.17, 15) is 0 Å². The number of nitrogens with zero attached hydrogens (tertiary/aromatic N) is 5. The maximum atomic E-state index is 5.75. The van der Waals surface area contributed by atoms with Crippen molar-refractivity contribution in [3.05, 3.63) is 42.7 Å². The van der Waals surface area contributed by atoms with E-state index in [-0.39, 0.29) is 5.95 Å². The molecule has 0 saturated heterocycles. The second-order valence-corrected chi connectivity index (χ2v) is 4.82. The van der Waals surface area contributed by atoms with Gasteiger partial charge in [0.25, 0.3) is 0 Å². The number of benzene rings is 1. The first kappa shape index (κ1) is 12.3. The number of nitrogens with one attached hydrogen (secondary N) is 2. The number of anilines is 3. The van der Waals surface area contributed by atoms with E-state index in [0.717, 1.165) is 16.6 Å². The molecule has 3 aromatic heterocycles. The number of nitrogen functional groups attached to an aromatic ring is 2. The number of hydrogen-bond acceptors (Lipinski definition) is 7. The molecule has 1 aromatic carbocycles. The molecule has 0 unspecified atom stereocenters. The highest BCUT2D eigenvalue weighted by molar-refractivity contribution is 5.81. The van der Waals surface area contributed by atoms with Crippen LogP contribution in [-0.4, -0.2) is 24.5 Å². The minimum absolute atomic E-state index is 0.237. The molecule has 0 radical (unpaired) electrons. The molecule has 110 valence electrons. The van der Waals surface area contributed by atoms with Crippen molar-refractivity contribution in [3.8, 4) is 0 Å². The molecular weight excluding hydrogens is 282 g/mol. The summed E-state index contributed by atoms with van der Waals surface area (Å²) in [6.07, 6.45) is 3.61. The molecule has 9 heteroatoms. The van der Waals surface area contributed by atoms with E-state index < -0.39 is 0 Å². The van der Waals surface area contributed by atoms with Crippen LogP contribution in [0.1, 0.15) is 0 Å². The smallest absolute Gasteiger partial charge is 0.240 e. The van der Waals surface area contributed by atoms with Gasteiger partial charge in [0.15, 0.2) is 5.65 Å². The van der Waals surface area contributed by atoms with Gasteiger partial charge in [-0.25, -0.2) is 10.1 Å². The first-order valence-electron chi connectivity index (χ1n) is 6.56. The third-order valence-corrected chi connectivity index (χ3v) is 3.20. The summed E-state index contributed by atoms with van der Waals surface area (Å²) in [6.45, 7) is 0. The van der Waals surface area contributed by atoms with Crippen LogP contribution in [0.15, 0.2) is 42.7 Å². The van der Waals surface area contributed by atoms with Gasteiger partial charge in [-0.05, 0) is 24.3 Å². The second kappa shape index (κ2) is 4.52. The number of nitrogens with two attached hydrogens (primary N) is 2. The fourth-order valence-electron chi connectivity index (χ4n) is 2.20. The maximum Gasteiger partial charge on any atom is 0.240 e. The van der Waals surface area contributed by atoms with E-state index in [1.54, 1.807) is 15.5 Å². The molecule has 0 amide bonds. The first-order valence-corrected chi connectivity index (χ1v) is 6.56. The van der Waals surface area contributed by atoms with Crippen LogP contribution in [0.25, 0.3) is 16.6 Å². The van der Waals surface area contributed by atoms with Crippen molar-refractivity contribution in [1.82, 2.24) is 24.5 Å². The topological polar surface area (TPSA) is 124 Å². The molecule has 0 saturated carbocycles.